The predicted molar refractivity (Wildman–Crippen MR) is 254 cm³/mol. The second kappa shape index (κ2) is 13.3. The van der Waals surface area contributed by atoms with E-state index in [0.29, 0.717) is 17.5 Å². The number of aromatic nitrogens is 4. The van der Waals surface area contributed by atoms with Crippen LogP contribution in [0.2, 0.25) is 0 Å². The van der Waals surface area contributed by atoms with Crippen molar-refractivity contribution in [2.75, 3.05) is 0 Å². The summed E-state index contributed by atoms with van der Waals surface area (Å²) in [6.45, 7) is 0. The second-order valence-electron chi connectivity index (χ2n) is 15.6. The number of fused-ring (bicyclic) bond motifs is 10. The van der Waals surface area contributed by atoms with Gasteiger partial charge in [-0.05, 0) is 76.5 Å². The minimum Gasteiger partial charge on any atom is -0.454 e. The molecule has 13 aromatic rings. The van der Waals surface area contributed by atoms with E-state index in [9.17, 15) is 0 Å². The summed E-state index contributed by atoms with van der Waals surface area (Å²) in [5, 5.41) is 9.24. The highest BCUT2D eigenvalue weighted by Crippen LogP contribution is 2.43. The fourth-order valence-electron chi connectivity index (χ4n) is 9.18. The van der Waals surface area contributed by atoms with Crippen LogP contribution < -0.4 is 0 Å². The fourth-order valence-corrected chi connectivity index (χ4v) is 10.3. The third-order valence-corrected chi connectivity index (χ3v) is 13.2. The topological polar surface area (TPSA) is 56.7 Å². The molecule has 0 aliphatic heterocycles. The first-order valence-electron chi connectivity index (χ1n) is 20.4. The molecule has 5 nitrogen and oxygen atoms in total. The lowest BCUT2D eigenvalue weighted by Crippen LogP contribution is -2.01. The zero-order chi connectivity index (χ0) is 40.0. The zero-order valence-corrected chi connectivity index (χ0v) is 33.4. The highest BCUT2D eigenvalue weighted by Gasteiger charge is 2.23. The summed E-state index contributed by atoms with van der Waals surface area (Å²) in [5.41, 5.74) is 9.72. The average Bonchev–Trinajstić information content (AvgIpc) is 4.00. The summed E-state index contributed by atoms with van der Waals surface area (Å²) in [7, 11) is 0. The van der Waals surface area contributed by atoms with E-state index in [1.54, 1.807) is 11.3 Å². The molecule has 0 atom stereocenters. The molecule has 0 fully saturated rings. The van der Waals surface area contributed by atoms with Crippen LogP contribution in [0.5, 0.6) is 0 Å². The van der Waals surface area contributed by atoms with Gasteiger partial charge in [-0.3, -0.25) is 0 Å². The number of thiophene rings is 1. The van der Waals surface area contributed by atoms with Crippen molar-refractivity contribution < 1.29 is 4.42 Å². The van der Waals surface area contributed by atoms with Crippen molar-refractivity contribution >= 4 is 86.0 Å². The molecule has 0 aliphatic carbocycles. The highest BCUT2D eigenvalue weighted by atomic mass is 32.1. The minimum absolute atomic E-state index is 0.581. The summed E-state index contributed by atoms with van der Waals surface area (Å²) in [4.78, 5) is 15.9. The first-order chi connectivity index (χ1) is 30.2. The van der Waals surface area contributed by atoms with Gasteiger partial charge in [-0.15, -0.1) is 11.3 Å². The summed E-state index contributed by atoms with van der Waals surface area (Å²) >= 11 is 1.79. The Morgan fingerprint density at radius 3 is 1.92 bits per heavy atom. The molecule has 61 heavy (non-hydrogen) atoms. The summed E-state index contributed by atoms with van der Waals surface area (Å²) in [6, 6.07) is 68.5. The zero-order valence-electron chi connectivity index (χ0n) is 32.6. The first kappa shape index (κ1) is 34.0. The van der Waals surface area contributed by atoms with E-state index in [4.69, 9.17) is 19.4 Å². The van der Waals surface area contributed by atoms with E-state index in [1.165, 1.54) is 41.7 Å². The molecule has 0 amide bonds. The fraction of sp³-hybridized carbons (Fsp3) is 0. The lowest BCUT2D eigenvalue weighted by Gasteiger charge is -2.13. The predicted octanol–water partition coefficient (Wildman–Crippen LogP) is 15.1. The van der Waals surface area contributed by atoms with E-state index in [1.807, 2.05) is 18.2 Å². The van der Waals surface area contributed by atoms with Crippen LogP contribution in [0.1, 0.15) is 0 Å². The van der Waals surface area contributed by atoms with Crippen LogP contribution in [0.4, 0.5) is 0 Å². The van der Waals surface area contributed by atoms with Crippen molar-refractivity contribution in [3.05, 3.63) is 194 Å². The van der Waals surface area contributed by atoms with Crippen molar-refractivity contribution in [3.8, 4) is 51.0 Å². The van der Waals surface area contributed by atoms with Crippen molar-refractivity contribution in [1.82, 2.24) is 19.5 Å². The van der Waals surface area contributed by atoms with Gasteiger partial charge < -0.3 is 8.98 Å². The number of rotatable bonds is 5. The van der Waals surface area contributed by atoms with Gasteiger partial charge in [-0.1, -0.05) is 140 Å². The van der Waals surface area contributed by atoms with Gasteiger partial charge in [0.2, 0.25) is 0 Å². The molecule has 0 radical (unpaired) electrons. The van der Waals surface area contributed by atoms with Gasteiger partial charge in [-0.2, -0.15) is 0 Å². The molecule has 6 heteroatoms. The molecule has 284 valence electrons. The molecule has 0 saturated heterocycles. The molecule has 0 bridgehead atoms. The maximum absolute atomic E-state index is 6.94. The minimum atomic E-state index is 0.581. The number of nitrogens with zero attached hydrogens (tertiary/aromatic N) is 4. The first-order valence-corrected chi connectivity index (χ1v) is 21.2. The molecule has 0 saturated carbocycles. The Labute approximate surface area is 353 Å². The number of hydrogen-bond acceptors (Lipinski definition) is 5. The van der Waals surface area contributed by atoms with Gasteiger partial charge in [0.15, 0.2) is 23.1 Å². The van der Waals surface area contributed by atoms with Gasteiger partial charge in [0, 0.05) is 58.4 Å². The Bertz CT molecular complexity index is 3900. The third-order valence-electron chi connectivity index (χ3n) is 12.0. The van der Waals surface area contributed by atoms with E-state index in [0.717, 1.165) is 66.5 Å². The molecule has 0 unspecified atom stereocenters. The Morgan fingerprint density at radius 2 is 1.05 bits per heavy atom. The smallest absolute Gasteiger partial charge is 0.164 e. The largest absolute Gasteiger partial charge is 0.454 e. The van der Waals surface area contributed by atoms with Crippen LogP contribution in [-0.2, 0) is 0 Å². The normalized spacial score (nSPS) is 11.9. The second-order valence-corrected chi connectivity index (χ2v) is 16.6. The maximum atomic E-state index is 6.94. The quantitative estimate of drug-likeness (QED) is 0.174. The number of furan rings is 1. The van der Waals surface area contributed by atoms with Crippen LogP contribution >= 0.6 is 11.3 Å². The van der Waals surface area contributed by atoms with Gasteiger partial charge in [0.05, 0.1) is 16.7 Å². The lowest BCUT2D eigenvalue weighted by molar-refractivity contribution is 0.666. The molecule has 9 aromatic carbocycles. The standard InChI is InChI=1S/C55H32N4OS/c1-2-13-33(14-3-1)34-17-12-18-37(29-34)53-56-54(38-25-26-41-40-20-8-11-24-49(40)61-50(41)32-38)58-55(57-53)43-27-28-46(52-51(43)42-21-7-10-23-48(42)60-52)59-45-22-9-6-19-39(45)44-30-35-15-4-5-16-36(35)31-47(44)59/h1-32H. The van der Waals surface area contributed by atoms with Crippen molar-refractivity contribution in [3.63, 3.8) is 0 Å². The van der Waals surface area contributed by atoms with Gasteiger partial charge >= 0.3 is 0 Å². The van der Waals surface area contributed by atoms with Crippen molar-refractivity contribution in [2.24, 2.45) is 0 Å². The van der Waals surface area contributed by atoms with Crippen LogP contribution in [0.25, 0.3) is 126 Å². The van der Waals surface area contributed by atoms with Gasteiger partial charge in [-0.25, -0.2) is 15.0 Å². The molecule has 0 N–H and O–H groups in total. The molecule has 4 heterocycles. The van der Waals surface area contributed by atoms with Crippen LogP contribution in [0.15, 0.2) is 199 Å². The summed E-state index contributed by atoms with van der Waals surface area (Å²) in [5.74, 6) is 1.80. The Morgan fingerprint density at radius 1 is 0.393 bits per heavy atom. The van der Waals surface area contributed by atoms with E-state index in [-0.39, 0.29) is 0 Å². The van der Waals surface area contributed by atoms with E-state index in [2.05, 4.69) is 180 Å². The molecular weight excluding hydrogens is 765 g/mol. The van der Waals surface area contributed by atoms with E-state index < -0.39 is 0 Å². The average molecular weight is 797 g/mol. The Kier molecular flexibility index (Phi) is 7.41. The summed E-state index contributed by atoms with van der Waals surface area (Å²) in [6.07, 6.45) is 0. The molecule has 13 rings (SSSR count). The van der Waals surface area contributed by atoms with Gasteiger partial charge in [0.1, 0.15) is 5.58 Å². The molecule has 4 aromatic heterocycles. The van der Waals surface area contributed by atoms with Crippen LogP contribution in [0.3, 0.4) is 0 Å². The molecule has 0 spiro atoms. The number of para-hydroxylation sites is 2. The van der Waals surface area contributed by atoms with Crippen LogP contribution in [-0.4, -0.2) is 19.5 Å². The maximum Gasteiger partial charge on any atom is 0.164 e. The number of hydrogen-bond donors (Lipinski definition) is 0. The van der Waals surface area contributed by atoms with Crippen molar-refractivity contribution in [2.45, 2.75) is 0 Å². The third kappa shape index (κ3) is 5.36. The molecule has 0 aliphatic rings. The van der Waals surface area contributed by atoms with Crippen molar-refractivity contribution in [1.29, 1.82) is 0 Å². The number of benzene rings is 9. The monoisotopic (exact) mass is 796 g/mol. The van der Waals surface area contributed by atoms with E-state index >= 15 is 0 Å². The lowest BCUT2D eigenvalue weighted by atomic mass is 10.0. The Hall–Kier alpha value is -7.93. The highest BCUT2D eigenvalue weighted by molar-refractivity contribution is 7.25. The Balaban J connectivity index is 1.08. The van der Waals surface area contributed by atoms with Crippen LogP contribution in [0, 0.1) is 0 Å². The summed E-state index contributed by atoms with van der Waals surface area (Å²) < 4.78 is 11.7. The van der Waals surface area contributed by atoms with Gasteiger partial charge in [0.25, 0.3) is 0 Å². The molecular formula is C55H32N4OS. The SMILES string of the molecule is c1ccc(-c2cccc(-c3nc(-c4ccc5c(c4)sc4ccccc45)nc(-c4ccc(-n5c6ccccc6c6cc7ccccc7cc65)c5oc6ccccc6c45)n3)c2)cc1.